The molecule has 0 spiro atoms. The van der Waals surface area contributed by atoms with Crippen LogP contribution in [0.3, 0.4) is 0 Å². The normalized spacial score (nSPS) is 35.8. The summed E-state index contributed by atoms with van der Waals surface area (Å²) >= 11 is 0. The van der Waals surface area contributed by atoms with Crippen molar-refractivity contribution in [2.45, 2.75) is 50.3 Å². The molecule has 0 aromatic heterocycles. The molecule has 3 fully saturated rings. The Hall–Kier alpha value is -2.16. The summed E-state index contributed by atoms with van der Waals surface area (Å²) in [6, 6.07) is 8.60. The molecule has 3 saturated heterocycles. The van der Waals surface area contributed by atoms with Crippen molar-refractivity contribution in [3.05, 3.63) is 35.9 Å². The molecule has 0 unspecified atom stereocenters. The Morgan fingerprint density at radius 3 is 2.60 bits per heavy atom. The third-order valence-corrected chi connectivity index (χ3v) is 4.26. The molecule has 1 aromatic rings. The zero-order valence-electron chi connectivity index (χ0n) is 13.7. The number of hydrogen-bond acceptors (Lipinski definition) is 8. The van der Waals surface area contributed by atoms with Gasteiger partial charge < -0.3 is 28.4 Å². The third-order valence-electron chi connectivity index (χ3n) is 4.26. The topological polar surface area (TPSA) is 89.5 Å². The molecular weight excluding hydrogens is 332 g/mol. The molecule has 0 bridgehead atoms. The molecule has 0 aliphatic carbocycles. The van der Waals surface area contributed by atoms with Gasteiger partial charge in [0.25, 0.3) is 0 Å². The SMILES string of the molecule is CC1(C)O[C@H]2O[C@H]([C@H]3COC(=O)O3)[C@H](OC(=O)c3ccccc3)[C@H]2O1. The van der Waals surface area contributed by atoms with Crippen LogP contribution in [0.5, 0.6) is 0 Å². The Balaban J connectivity index is 1.55. The second-order valence-corrected chi connectivity index (χ2v) is 6.52. The first-order chi connectivity index (χ1) is 11.9. The Kier molecular flexibility index (Phi) is 3.90. The second-order valence-electron chi connectivity index (χ2n) is 6.52. The minimum Gasteiger partial charge on any atom is -0.453 e. The number of hydrogen-bond donors (Lipinski definition) is 0. The average Bonchev–Trinajstić information content (AvgIpc) is 3.21. The number of fused-ring (bicyclic) bond motifs is 1. The Morgan fingerprint density at radius 2 is 1.92 bits per heavy atom. The fourth-order valence-electron chi connectivity index (χ4n) is 3.21. The molecule has 25 heavy (non-hydrogen) atoms. The molecule has 3 heterocycles. The summed E-state index contributed by atoms with van der Waals surface area (Å²) in [6.45, 7) is 3.52. The molecule has 0 saturated carbocycles. The summed E-state index contributed by atoms with van der Waals surface area (Å²) in [7, 11) is 0. The van der Waals surface area contributed by atoms with E-state index in [1.54, 1.807) is 44.2 Å². The van der Waals surface area contributed by atoms with E-state index in [9.17, 15) is 9.59 Å². The van der Waals surface area contributed by atoms with Crippen LogP contribution < -0.4 is 0 Å². The van der Waals surface area contributed by atoms with E-state index in [4.69, 9.17) is 28.4 Å². The van der Waals surface area contributed by atoms with Gasteiger partial charge in [-0.1, -0.05) is 18.2 Å². The lowest BCUT2D eigenvalue weighted by atomic mass is 10.1. The lowest BCUT2D eigenvalue weighted by Gasteiger charge is -2.27. The highest BCUT2D eigenvalue weighted by atomic mass is 16.9. The average molecular weight is 350 g/mol. The summed E-state index contributed by atoms with van der Waals surface area (Å²) in [5, 5.41) is 0. The van der Waals surface area contributed by atoms with Crippen LogP contribution in [-0.2, 0) is 28.4 Å². The van der Waals surface area contributed by atoms with Crippen molar-refractivity contribution in [3.63, 3.8) is 0 Å². The first-order valence-corrected chi connectivity index (χ1v) is 8.03. The molecule has 3 aliphatic heterocycles. The molecule has 0 radical (unpaired) electrons. The smallest absolute Gasteiger partial charge is 0.453 e. The quantitative estimate of drug-likeness (QED) is 0.760. The maximum Gasteiger partial charge on any atom is 0.508 e. The van der Waals surface area contributed by atoms with Gasteiger partial charge in [-0.25, -0.2) is 9.59 Å². The number of carbonyl (C=O) groups excluding carboxylic acids is 2. The summed E-state index contributed by atoms with van der Waals surface area (Å²) < 4.78 is 32.9. The van der Waals surface area contributed by atoms with E-state index in [1.165, 1.54) is 0 Å². The number of carbonyl (C=O) groups is 2. The largest absolute Gasteiger partial charge is 0.508 e. The molecule has 0 amide bonds. The molecule has 134 valence electrons. The van der Waals surface area contributed by atoms with Gasteiger partial charge >= 0.3 is 12.1 Å². The number of rotatable bonds is 3. The van der Waals surface area contributed by atoms with Crippen LogP contribution in [0.4, 0.5) is 4.79 Å². The fourth-order valence-corrected chi connectivity index (χ4v) is 3.21. The van der Waals surface area contributed by atoms with Crippen molar-refractivity contribution >= 4 is 12.1 Å². The van der Waals surface area contributed by atoms with E-state index < -0.39 is 48.6 Å². The van der Waals surface area contributed by atoms with Crippen LogP contribution in [0.1, 0.15) is 24.2 Å². The van der Waals surface area contributed by atoms with E-state index in [0.717, 1.165) is 0 Å². The summed E-state index contributed by atoms with van der Waals surface area (Å²) in [5.41, 5.74) is 0.405. The number of benzene rings is 1. The number of cyclic esters (lactones) is 2. The lowest BCUT2D eigenvalue weighted by molar-refractivity contribution is -0.223. The lowest BCUT2D eigenvalue weighted by Crippen LogP contribution is -2.44. The van der Waals surface area contributed by atoms with E-state index in [1.807, 2.05) is 0 Å². The molecule has 3 aliphatic rings. The third kappa shape index (κ3) is 3.08. The highest BCUT2D eigenvalue weighted by molar-refractivity contribution is 5.89. The van der Waals surface area contributed by atoms with Gasteiger partial charge in [0, 0.05) is 0 Å². The highest BCUT2D eigenvalue weighted by Gasteiger charge is 2.60. The van der Waals surface area contributed by atoms with E-state index in [2.05, 4.69) is 0 Å². The zero-order valence-corrected chi connectivity index (χ0v) is 13.7. The predicted octanol–water partition coefficient (Wildman–Crippen LogP) is 1.62. The number of ether oxygens (including phenoxy) is 6. The maximum atomic E-state index is 12.5. The van der Waals surface area contributed by atoms with Crippen molar-refractivity contribution in [2.24, 2.45) is 0 Å². The Labute approximate surface area is 143 Å². The van der Waals surface area contributed by atoms with Crippen molar-refractivity contribution in [1.82, 2.24) is 0 Å². The van der Waals surface area contributed by atoms with Crippen LogP contribution >= 0.6 is 0 Å². The van der Waals surface area contributed by atoms with Gasteiger partial charge in [0.05, 0.1) is 5.56 Å². The van der Waals surface area contributed by atoms with Crippen LogP contribution in [0.15, 0.2) is 30.3 Å². The summed E-state index contributed by atoms with van der Waals surface area (Å²) in [5.74, 6) is -1.38. The monoisotopic (exact) mass is 350 g/mol. The van der Waals surface area contributed by atoms with Crippen molar-refractivity contribution in [2.75, 3.05) is 6.61 Å². The molecule has 0 N–H and O–H groups in total. The number of esters is 1. The van der Waals surface area contributed by atoms with Crippen molar-refractivity contribution < 1.29 is 38.0 Å². The molecule has 8 heteroatoms. The minimum atomic E-state index is -0.861. The summed E-state index contributed by atoms with van der Waals surface area (Å²) in [4.78, 5) is 23.7. The first-order valence-electron chi connectivity index (χ1n) is 8.03. The first kappa shape index (κ1) is 16.3. The van der Waals surface area contributed by atoms with Gasteiger partial charge in [-0.15, -0.1) is 0 Å². The molecular formula is C17H18O8. The van der Waals surface area contributed by atoms with Gasteiger partial charge in [0.2, 0.25) is 0 Å². The van der Waals surface area contributed by atoms with Crippen molar-refractivity contribution in [3.8, 4) is 0 Å². The van der Waals surface area contributed by atoms with E-state index in [-0.39, 0.29) is 6.61 Å². The zero-order chi connectivity index (χ0) is 17.6. The molecule has 8 nitrogen and oxygen atoms in total. The highest BCUT2D eigenvalue weighted by Crippen LogP contribution is 2.41. The second kappa shape index (κ2) is 5.98. The summed E-state index contributed by atoms with van der Waals surface area (Å²) in [6.07, 6.45) is -4.33. The minimum absolute atomic E-state index is 0.0196. The van der Waals surface area contributed by atoms with Gasteiger partial charge in [0.15, 0.2) is 30.4 Å². The maximum absolute atomic E-state index is 12.5. The van der Waals surface area contributed by atoms with Crippen LogP contribution in [0.2, 0.25) is 0 Å². The van der Waals surface area contributed by atoms with Gasteiger partial charge in [-0.2, -0.15) is 0 Å². The van der Waals surface area contributed by atoms with Gasteiger partial charge in [-0.3, -0.25) is 0 Å². The molecule has 5 atom stereocenters. The van der Waals surface area contributed by atoms with Crippen LogP contribution in [-0.4, -0.2) is 55.2 Å². The standard InChI is InChI=1S/C17H18O8/c1-17(2)24-13-12(22-14(18)9-6-4-3-5-7-9)11(23-15(13)25-17)10-8-20-16(19)21-10/h3-7,10-13,15H,8H2,1-2H3/t10-,11-,12+,13-,15-/m1/s1. The van der Waals surface area contributed by atoms with Gasteiger partial charge in [0.1, 0.15) is 12.7 Å². The predicted molar refractivity (Wildman–Crippen MR) is 80.6 cm³/mol. The van der Waals surface area contributed by atoms with Crippen LogP contribution in [0.25, 0.3) is 0 Å². The van der Waals surface area contributed by atoms with Gasteiger partial charge in [-0.05, 0) is 26.0 Å². The molecule has 1 aromatic carbocycles. The fraction of sp³-hybridized carbons (Fsp3) is 0.529. The van der Waals surface area contributed by atoms with E-state index in [0.29, 0.717) is 5.56 Å². The van der Waals surface area contributed by atoms with E-state index >= 15 is 0 Å². The Morgan fingerprint density at radius 1 is 1.16 bits per heavy atom. The molecule has 4 rings (SSSR count). The van der Waals surface area contributed by atoms with Crippen LogP contribution in [0, 0.1) is 0 Å². The Bertz CT molecular complexity index is 672. The van der Waals surface area contributed by atoms with Crippen molar-refractivity contribution in [1.29, 1.82) is 0 Å².